The fraction of sp³-hybridized carbons (Fsp3) is 0.900. The predicted octanol–water partition coefficient (Wildman–Crippen LogP) is 0.304. The maximum Gasteiger partial charge on any atom is 0.308 e. The van der Waals surface area contributed by atoms with Crippen LogP contribution in [0.3, 0.4) is 0 Å². The molecule has 2 aliphatic rings. The van der Waals surface area contributed by atoms with Crippen molar-refractivity contribution in [3.8, 4) is 0 Å². The van der Waals surface area contributed by atoms with Crippen molar-refractivity contribution in [3.05, 3.63) is 0 Å². The van der Waals surface area contributed by atoms with Crippen molar-refractivity contribution in [1.82, 2.24) is 4.90 Å². The third-order valence-corrected chi connectivity index (χ3v) is 4.83. The molecule has 3 atom stereocenters. The van der Waals surface area contributed by atoms with Gasteiger partial charge in [-0.15, -0.1) is 0 Å². The highest BCUT2D eigenvalue weighted by atomic mass is 32.2. The smallest absolute Gasteiger partial charge is 0.308 e. The van der Waals surface area contributed by atoms with E-state index in [1.165, 1.54) is 0 Å². The van der Waals surface area contributed by atoms with Crippen molar-refractivity contribution in [1.29, 1.82) is 0 Å². The Morgan fingerprint density at radius 2 is 2.07 bits per heavy atom. The zero-order valence-corrected chi connectivity index (χ0v) is 9.54. The molecule has 2 fully saturated rings. The second-order valence-electron chi connectivity index (χ2n) is 4.33. The molecule has 3 unspecified atom stereocenters. The number of hydrogen-bond donors (Lipinski definition) is 1. The average molecular weight is 231 g/mol. The molecule has 1 aliphatic carbocycles. The molecule has 0 spiro atoms. The number of hydrogen-bond acceptors (Lipinski definition) is 3. The van der Waals surface area contributed by atoms with Crippen molar-refractivity contribution >= 4 is 16.8 Å². The third-order valence-electron chi connectivity index (χ3n) is 3.45. The highest BCUT2D eigenvalue weighted by Gasteiger charge is 2.40. The Hall–Kier alpha value is -0.420. The minimum Gasteiger partial charge on any atom is -0.481 e. The van der Waals surface area contributed by atoms with Crippen LogP contribution in [0, 0.1) is 5.92 Å². The van der Waals surface area contributed by atoms with Gasteiger partial charge in [0, 0.05) is 34.9 Å². The molecule has 86 valence electrons. The van der Waals surface area contributed by atoms with Gasteiger partial charge in [0.15, 0.2) is 0 Å². The predicted molar refractivity (Wildman–Crippen MR) is 58.2 cm³/mol. The Kier molecular flexibility index (Phi) is 3.41. The number of carboxylic acids is 1. The van der Waals surface area contributed by atoms with Gasteiger partial charge in [-0.25, -0.2) is 0 Å². The molecule has 0 bridgehead atoms. The maximum atomic E-state index is 11.3. The van der Waals surface area contributed by atoms with E-state index >= 15 is 0 Å². The van der Waals surface area contributed by atoms with E-state index in [0.717, 1.165) is 38.1 Å². The van der Waals surface area contributed by atoms with Gasteiger partial charge in [0.05, 0.1) is 5.92 Å². The Balaban J connectivity index is 1.93. The van der Waals surface area contributed by atoms with Crippen LogP contribution in [0.4, 0.5) is 0 Å². The summed E-state index contributed by atoms with van der Waals surface area (Å²) in [5, 5.41) is 8.97. The van der Waals surface area contributed by atoms with Crippen molar-refractivity contribution in [2.75, 3.05) is 24.6 Å². The molecular formula is C10H17NO3S. The molecular weight excluding hydrogens is 214 g/mol. The van der Waals surface area contributed by atoms with Crippen LogP contribution in [0.1, 0.15) is 19.3 Å². The molecule has 0 aromatic heterocycles. The first-order valence-corrected chi connectivity index (χ1v) is 6.99. The minimum absolute atomic E-state index is 0.184. The monoisotopic (exact) mass is 231 g/mol. The summed E-state index contributed by atoms with van der Waals surface area (Å²) in [5.41, 5.74) is 0. The molecule has 1 saturated heterocycles. The van der Waals surface area contributed by atoms with Crippen molar-refractivity contribution in [3.63, 3.8) is 0 Å². The summed E-state index contributed by atoms with van der Waals surface area (Å²) in [6.07, 6.45) is 2.73. The van der Waals surface area contributed by atoms with Crippen LogP contribution in [0.5, 0.6) is 0 Å². The van der Waals surface area contributed by atoms with E-state index in [-0.39, 0.29) is 12.0 Å². The lowest BCUT2D eigenvalue weighted by Crippen LogP contribution is -2.51. The number of carboxylic acid groups (broad SMARTS) is 1. The Labute approximate surface area is 92.1 Å². The summed E-state index contributed by atoms with van der Waals surface area (Å²) < 4.78 is 11.3. The largest absolute Gasteiger partial charge is 0.481 e. The first-order valence-electron chi connectivity index (χ1n) is 5.50. The zero-order valence-electron chi connectivity index (χ0n) is 8.72. The van der Waals surface area contributed by atoms with Gasteiger partial charge in [0.2, 0.25) is 0 Å². The molecule has 1 N–H and O–H groups in total. The van der Waals surface area contributed by atoms with Gasteiger partial charge in [0.1, 0.15) is 0 Å². The molecule has 1 aliphatic heterocycles. The maximum absolute atomic E-state index is 11.3. The Bertz CT molecular complexity index is 282. The summed E-state index contributed by atoms with van der Waals surface area (Å²) in [5.74, 6) is 0.636. The van der Waals surface area contributed by atoms with E-state index in [4.69, 9.17) is 5.11 Å². The quantitative estimate of drug-likeness (QED) is 0.743. The lowest BCUT2D eigenvalue weighted by Gasteiger charge is -2.41. The topological polar surface area (TPSA) is 57.6 Å². The summed E-state index contributed by atoms with van der Waals surface area (Å²) >= 11 is 0. The van der Waals surface area contributed by atoms with Crippen LogP contribution in [-0.4, -0.2) is 50.8 Å². The number of nitrogens with zero attached hydrogens (tertiary/aromatic N) is 1. The van der Waals surface area contributed by atoms with Crippen molar-refractivity contribution in [2.24, 2.45) is 5.92 Å². The van der Waals surface area contributed by atoms with Crippen LogP contribution in [-0.2, 0) is 15.6 Å². The van der Waals surface area contributed by atoms with Gasteiger partial charge in [0.25, 0.3) is 0 Å². The minimum atomic E-state index is -0.684. The van der Waals surface area contributed by atoms with Gasteiger partial charge in [-0.05, 0) is 25.8 Å². The molecule has 0 amide bonds. The van der Waals surface area contributed by atoms with Gasteiger partial charge in [-0.3, -0.25) is 13.9 Å². The van der Waals surface area contributed by atoms with Crippen molar-refractivity contribution < 1.29 is 14.1 Å². The van der Waals surface area contributed by atoms with Crippen LogP contribution < -0.4 is 0 Å². The first kappa shape index (κ1) is 11.1. The average Bonchev–Trinajstić information content (AvgIpc) is 2.28. The second kappa shape index (κ2) is 4.61. The summed E-state index contributed by atoms with van der Waals surface area (Å²) in [6, 6.07) is 0.206. The molecule has 0 aromatic rings. The standard InChI is InChI=1S/C10H17NO3S/c12-10(13)8-2-3-9(8)11-4-1-6-15(14)7-5-11/h8-9H,1-7H2,(H,12,13). The van der Waals surface area contributed by atoms with Crippen LogP contribution in [0.25, 0.3) is 0 Å². The van der Waals surface area contributed by atoms with Gasteiger partial charge in [-0.1, -0.05) is 0 Å². The van der Waals surface area contributed by atoms with Gasteiger partial charge < -0.3 is 5.11 Å². The molecule has 5 heteroatoms. The van der Waals surface area contributed by atoms with E-state index in [0.29, 0.717) is 5.75 Å². The van der Waals surface area contributed by atoms with Gasteiger partial charge >= 0.3 is 5.97 Å². The molecule has 2 rings (SSSR count). The molecule has 1 heterocycles. The highest BCUT2D eigenvalue weighted by Crippen LogP contribution is 2.32. The zero-order chi connectivity index (χ0) is 10.8. The van der Waals surface area contributed by atoms with E-state index in [1.807, 2.05) is 0 Å². The van der Waals surface area contributed by atoms with Gasteiger partial charge in [-0.2, -0.15) is 0 Å². The highest BCUT2D eigenvalue weighted by molar-refractivity contribution is 7.85. The fourth-order valence-corrected chi connectivity index (χ4v) is 3.49. The summed E-state index contributed by atoms with van der Waals surface area (Å²) in [6.45, 7) is 1.72. The summed E-state index contributed by atoms with van der Waals surface area (Å²) in [4.78, 5) is 13.1. The van der Waals surface area contributed by atoms with Crippen molar-refractivity contribution in [2.45, 2.75) is 25.3 Å². The van der Waals surface area contributed by atoms with Crippen LogP contribution in [0.2, 0.25) is 0 Å². The molecule has 0 radical (unpaired) electrons. The third kappa shape index (κ3) is 2.39. The first-order chi connectivity index (χ1) is 7.18. The lowest BCUT2D eigenvalue weighted by atomic mass is 9.78. The summed E-state index contributed by atoms with van der Waals surface area (Å²) in [7, 11) is -0.684. The lowest BCUT2D eigenvalue weighted by molar-refractivity contribution is -0.148. The fourth-order valence-electron chi connectivity index (χ4n) is 2.40. The van der Waals surface area contributed by atoms with Crippen LogP contribution in [0.15, 0.2) is 0 Å². The number of carbonyl (C=O) groups is 1. The molecule has 0 aromatic carbocycles. The second-order valence-corrected chi connectivity index (χ2v) is 6.02. The van der Waals surface area contributed by atoms with E-state index in [1.54, 1.807) is 0 Å². The number of rotatable bonds is 2. The van der Waals surface area contributed by atoms with E-state index < -0.39 is 16.8 Å². The Morgan fingerprint density at radius 3 is 2.67 bits per heavy atom. The molecule has 15 heavy (non-hydrogen) atoms. The van der Waals surface area contributed by atoms with Crippen LogP contribution >= 0.6 is 0 Å². The Morgan fingerprint density at radius 1 is 1.27 bits per heavy atom. The number of aliphatic carboxylic acids is 1. The molecule has 1 saturated carbocycles. The van der Waals surface area contributed by atoms with E-state index in [9.17, 15) is 9.00 Å². The SMILES string of the molecule is O=C(O)C1CCC1N1CCCS(=O)CC1. The normalized spacial score (nSPS) is 38.0. The molecule has 4 nitrogen and oxygen atoms in total. The van der Waals surface area contributed by atoms with E-state index in [2.05, 4.69) is 4.90 Å².